The lowest BCUT2D eigenvalue weighted by atomic mass is 9.87. The maximum atomic E-state index is 5.12. The minimum absolute atomic E-state index is 0.0566. The van der Waals surface area contributed by atoms with Gasteiger partial charge in [0.2, 0.25) is 5.16 Å². The summed E-state index contributed by atoms with van der Waals surface area (Å²) in [5, 5.41) is 15.0. The van der Waals surface area contributed by atoms with Crippen LogP contribution in [-0.4, -0.2) is 20.6 Å². The molecular weight excluding hydrogens is 424 g/mol. The van der Waals surface area contributed by atoms with Crippen LogP contribution in [0.5, 0.6) is 0 Å². The Balaban J connectivity index is 1.61. The smallest absolute Gasteiger partial charge is 0.186 e. The highest BCUT2D eigenvalue weighted by atomic mass is 32.2. The van der Waals surface area contributed by atoms with Gasteiger partial charge >= 0.3 is 0 Å². The van der Waals surface area contributed by atoms with Crippen LogP contribution in [0.25, 0.3) is 11.4 Å². The molecule has 0 amide bonds. The van der Waals surface area contributed by atoms with Gasteiger partial charge in [0, 0.05) is 5.56 Å². The van der Waals surface area contributed by atoms with Gasteiger partial charge < -0.3 is 0 Å². The fraction of sp³-hybridized carbons (Fsp3) is 0.250. The van der Waals surface area contributed by atoms with Crippen LogP contribution in [0.4, 0.5) is 0 Å². The van der Waals surface area contributed by atoms with E-state index in [0.717, 1.165) is 27.8 Å². The molecule has 33 heavy (non-hydrogen) atoms. The third-order valence-electron chi connectivity index (χ3n) is 6.03. The fourth-order valence-corrected chi connectivity index (χ4v) is 5.06. The minimum atomic E-state index is 0.0566. The van der Waals surface area contributed by atoms with E-state index in [0.29, 0.717) is 0 Å². The van der Waals surface area contributed by atoms with Crippen LogP contribution < -0.4 is 0 Å². The Morgan fingerprint density at radius 1 is 0.727 bits per heavy atom. The van der Waals surface area contributed by atoms with E-state index in [1.54, 1.807) is 11.8 Å². The van der Waals surface area contributed by atoms with Gasteiger partial charge in [-0.05, 0) is 36.0 Å². The van der Waals surface area contributed by atoms with Crippen molar-refractivity contribution >= 4 is 17.5 Å². The van der Waals surface area contributed by atoms with E-state index in [2.05, 4.69) is 118 Å². The molecular formula is C28H28N4S. The molecule has 0 fully saturated rings. The van der Waals surface area contributed by atoms with Crippen molar-refractivity contribution in [2.45, 2.75) is 50.4 Å². The van der Waals surface area contributed by atoms with Gasteiger partial charge in [0.05, 0.1) is 11.0 Å². The summed E-state index contributed by atoms with van der Waals surface area (Å²) in [5.74, 6) is 0.768. The maximum Gasteiger partial charge on any atom is 0.213 e. The lowest BCUT2D eigenvalue weighted by molar-refractivity contribution is 0.590. The summed E-state index contributed by atoms with van der Waals surface area (Å²) in [5.41, 5.74) is 8.25. The highest BCUT2D eigenvalue weighted by Crippen LogP contribution is 2.42. The normalized spacial score (nSPS) is 15.8. The molecule has 166 valence electrons. The SMILES string of the molecule is Cc1ccc(C2=Nn3c(nnc3-c3ccc(C(C)(C)C)cc3)S[C@H]2c2ccc(C)cc2)cc1. The first kappa shape index (κ1) is 21.7. The van der Waals surface area contributed by atoms with Crippen LogP contribution in [0.3, 0.4) is 0 Å². The van der Waals surface area contributed by atoms with Gasteiger partial charge in [0.25, 0.3) is 0 Å². The van der Waals surface area contributed by atoms with Crippen LogP contribution in [-0.2, 0) is 5.41 Å². The Labute approximate surface area is 199 Å². The Bertz CT molecular complexity index is 1310. The number of hydrogen-bond donors (Lipinski definition) is 0. The number of aromatic nitrogens is 3. The van der Waals surface area contributed by atoms with Crippen molar-refractivity contribution in [2.24, 2.45) is 5.10 Å². The average Bonchev–Trinajstić information content (AvgIpc) is 3.22. The lowest BCUT2D eigenvalue weighted by Crippen LogP contribution is -2.18. The van der Waals surface area contributed by atoms with Gasteiger partial charge in [-0.2, -0.15) is 9.78 Å². The molecule has 1 aromatic heterocycles. The van der Waals surface area contributed by atoms with Crippen molar-refractivity contribution < 1.29 is 0 Å². The first-order valence-corrected chi connectivity index (χ1v) is 12.1. The molecule has 4 nitrogen and oxygen atoms in total. The quantitative estimate of drug-likeness (QED) is 0.337. The molecule has 2 heterocycles. The number of aryl methyl sites for hydroxylation is 2. The van der Waals surface area contributed by atoms with Gasteiger partial charge in [0.15, 0.2) is 5.82 Å². The third kappa shape index (κ3) is 4.25. The van der Waals surface area contributed by atoms with E-state index in [4.69, 9.17) is 5.10 Å². The van der Waals surface area contributed by atoms with Crippen molar-refractivity contribution in [3.05, 3.63) is 101 Å². The molecule has 0 radical (unpaired) electrons. The van der Waals surface area contributed by atoms with Crippen molar-refractivity contribution in [2.75, 3.05) is 0 Å². The first-order chi connectivity index (χ1) is 15.8. The molecule has 0 bridgehead atoms. The fourth-order valence-electron chi connectivity index (χ4n) is 3.95. The summed E-state index contributed by atoms with van der Waals surface area (Å²) < 4.78 is 1.90. The van der Waals surface area contributed by atoms with E-state index >= 15 is 0 Å². The molecule has 0 N–H and O–H groups in total. The second kappa shape index (κ2) is 8.31. The minimum Gasteiger partial charge on any atom is -0.186 e. The highest BCUT2D eigenvalue weighted by molar-refractivity contribution is 8.00. The second-order valence-electron chi connectivity index (χ2n) is 9.71. The predicted octanol–water partition coefficient (Wildman–Crippen LogP) is 6.96. The van der Waals surface area contributed by atoms with Gasteiger partial charge in [-0.1, -0.05) is 116 Å². The highest BCUT2D eigenvalue weighted by Gasteiger charge is 2.30. The monoisotopic (exact) mass is 452 g/mol. The third-order valence-corrected chi connectivity index (χ3v) is 7.22. The second-order valence-corrected chi connectivity index (χ2v) is 10.8. The van der Waals surface area contributed by atoms with Crippen LogP contribution in [0.15, 0.2) is 83.1 Å². The Hall–Kier alpha value is -3.18. The van der Waals surface area contributed by atoms with Gasteiger partial charge in [0.1, 0.15) is 0 Å². The summed E-state index contributed by atoms with van der Waals surface area (Å²) >= 11 is 1.70. The molecule has 1 aliphatic rings. The number of fused-ring (bicyclic) bond motifs is 1. The van der Waals surface area contributed by atoms with E-state index in [-0.39, 0.29) is 10.7 Å². The molecule has 0 spiro atoms. The van der Waals surface area contributed by atoms with Crippen molar-refractivity contribution in [1.82, 2.24) is 14.9 Å². The summed E-state index contributed by atoms with van der Waals surface area (Å²) in [7, 11) is 0. The molecule has 4 aromatic rings. The standard InChI is InChI=1S/C28H28N4S/c1-18-6-10-20(11-7-18)24-25(21-12-8-19(2)9-13-21)33-27-30-29-26(32(27)31-24)22-14-16-23(17-15-22)28(3,4)5/h6-17,25H,1-5H3/t25-/m0/s1. The van der Waals surface area contributed by atoms with Gasteiger partial charge in [-0.15, -0.1) is 10.2 Å². The summed E-state index contributed by atoms with van der Waals surface area (Å²) in [6.07, 6.45) is 0. The van der Waals surface area contributed by atoms with Crippen molar-refractivity contribution in [1.29, 1.82) is 0 Å². The van der Waals surface area contributed by atoms with Gasteiger partial charge in [-0.3, -0.25) is 0 Å². The lowest BCUT2D eigenvalue weighted by Gasteiger charge is -2.24. The molecule has 0 unspecified atom stereocenters. The van der Waals surface area contributed by atoms with Gasteiger partial charge in [-0.25, -0.2) is 0 Å². The number of thioether (sulfide) groups is 1. The van der Waals surface area contributed by atoms with Crippen LogP contribution in [0.1, 0.15) is 53.8 Å². The van der Waals surface area contributed by atoms with Crippen LogP contribution in [0.2, 0.25) is 0 Å². The molecule has 5 rings (SSSR count). The topological polar surface area (TPSA) is 43.1 Å². The summed E-state index contributed by atoms with van der Waals surface area (Å²) in [6, 6.07) is 25.9. The molecule has 1 atom stereocenters. The Kier molecular flexibility index (Phi) is 5.45. The van der Waals surface area contributed by atoms with E-state index in [1.165, 1.54) is 22.3 Å². The van der Waals surface area contributed by atoms with Crippen molar-refractivity contribution in [3.63, 3.8) is 0 Å². The van der Waals surface area contributed by atoms with Crippen LogP contribution in [0, 0.1) is 13.8 Å². The number of rotatable bonds is 3. The summed E-state index contributed by atoms with van der Waals surface area (Å²) in [4.78, 5) is 0. The largest absolute Gasteiger partial charge is 0.213 e. The van der Waals surface area contributed by atoms with E-state index in [1.807, 2.05) is 4.68 Å². The molecule has 0 aliphatic carbocycles. The molecule has 3 aromatic carbocycles. The zero-order chi connectivity index (χ0) is 23.2. The first-order valence-electron chi connectivity index (χ1n) is 11.2. The zero-order valence-corrected chi connectivity index (χ0v) is 20.5. The number of nitrogens with zero attached hydrogens (tertiary/aromatic N) is 4. The summed E-state index contributed by atoms with van der Waals surface area (Å²) in [6.45, 7) is 10.9. The Morgan fingerprint density at radius 3 is 1.91 bits per heavy atom. The molecule has 0 saturated carbocycles. The van der Waals surface area contributed by atoms with E-state index in [9.17, 15) is 0 Å². The number of hydrogen-bond acceptors (Lipinski definition) is 4. The van der Waals surface area contributed by atoms with E-state index < -0.39 is 0 Å². The molecule has 1 aliphatic heterocycles. The predicted molar refractivity (Wildman–Crippen MR) is 137 cm³/mol. The maximum absolute atomic E-state index is 5.12. The average molecular weight is 453 g/mol. The molecule has 0 saturated heterocycles. The zero-order valence-electron chi connectivity index (χ0n) is 19.7. The van der Waals surface area contributed by atoms with Crippen molar-refractivity contribution in [3.8, 4) is 11.4 Å². The Morgan fingerprint density at radius 2 is 1.30 bits per heavy atom. The number of benzene rings is 3. The molecule has 5 heteroatoms. The van der Waals surface area contributed by atoms with Crippen LogP contribution >= 0.6 is 11.8 Å².